The molecule has 1 saturated heterocycles. The second-order valence-corrected chi connectivity index (χ2v) is 3.95. The number of unbranched alkanes of at least 4 members (excludes halogenated alkanes) is 1. The average molecular weight is 171 g/mol. The highest BCUT2D eigenvalue weighted by Crippen LogP contribution is 2.20. The van der Waals surface area contributed by atoms with E-state index in [1.165, 1.54) is 25.7 Å². The van der Waals surface area contributed by atoms with Gasteiger partial charge in [0.15, 0.2) is 0 Å². The minimum absolute atomic E-state index is 0.578. The Morgan fingerprint density at radius 2 is 2.17 bits per heavy atom. The van der Waals surface area contributed by atoms with Gasteiger partial charge >= 0.3 is 0 Å². The third-order valence-corrected chi connectivity index (χ3v) is 2.56. The molecule has 0 aliphatic carbocycles. The molecule has 0 aromatic rings. The fraction of sp³-hybridized carbons (Fsp3) is 1.00. The van der Waals surface area contributed by atoms with Gasteiger partial charge < -0.3 is 9.64 Å². The van der Waals surface area contributed by atoms with Crippen LogP contribution in [0, 0.1) is 0 Å². The van der Waals surface area contributed by atoms with Crippen molar-refractivity contribution in [2.45, 2.75) is 44.8 Å². The average Bonchev–Trinajstić information content (AvgIpc) is 2.80. The minimum atomic E-state index is 0.578. The van der Waals surface area contributed by atoms with E-state index >= 15 is 0 Å². The van der Waals surface area contributed by atoms with Crippen LogP contribution in [0.25, 0.3) is 0 Å². The summed E-state index contributed by atoms with van der Waals surface area (Å²) in [5, 5.41) is 0. The summed E-state index contributed by atoms with van der Waals surface area (Å²) in [6.45, 7) is 3.25. The van der Waals surface area contributed by atoms with E-state index in [2.05, 4.69) is 25.9 Å². The summed E-state index contributed by atoms with van der Waals surface area (Å²) >= 11 is 0. The molecular formula is C10H21NO. The summed E-state index contributed by atoms with van der Waals surface area (Å²) in [4.78, 5) is 2.33. The molecule has 0 radical (unpaired) electrons. The van der Waals surface area contributed by atoms with Crippen LogP contribution in [0.3, 0.4) is 0 Å². The molecule has 2 nitrogen and oxygen atoms in total. The van der Waals surface area contributed by atoms with E-state index in [4.69, 9.17) is 4.74 Å². The lowest BCUT2D eigenvalue weighted by Gasteiger charge is -2.23. The molecule has 1 aliphatic rings. The van der Waals surface area contributed by atoms with Crippen LogP contribution in [-0.4, -0.2) is 37.7 Å². The Bertz CT molecular complexity index is 121. The largest absolute Gasteiger partial charge is 0.373 e. The van der Waals surface area contributed by atoms with Crippen LogP contribution in [0.15, 0.2) is 0 Å². The Kier molecular flexibility index (Phi) is 4.02. The van der Waals surface area contributed by atoms with E-state index in [1.807, 2.05) is 0 Å². The van der Waals surface area contributed by atoms with Crippen LogP contribution in [0.5, 0.6) is 0 Å². The molecule has 1 heterocycles. The van der Waals surface area contributed by atoms with Gasteiger partial charge in [0, 0.05) is 6.04 Å². The quantitative estimate of drug-likeness (QED) is 0.567. The first-order valence-corrected chi connectivity index (χ1v) is 5.02. The van der Waals surface area contributed by atoms with Crippen LogP contribution >= 0.6 is 0 Å². The van der Waals surface area contributed by atoms with Gasteiger partial charge in [-0.3, -0.25) is 0 Å². The van der Waals surface area contributed by atoms with Gasteiger partial charge in [-0.15, -0.1) is 0 Å². The highest BCUT2D eigenvalue weighted by atomic mass is 16.6. The van der Waals surface area contributed by atoms with E-state index in [0.717, 1.165) is 12.6 Å². The summed E-state index contributed by atoms with van der Waals surface area (Å²) in [5.41, 5.74) is 0. The number of epoxide rings is 1. The molecule has 0 aromatic heterocycles. The minimum Gasteiger partial charge on any atom is -0.373 e. The van der Waals surface area contributed by atoms with Gasteiger partial charge in [-0.25, -0.2) is 0 Å². The SMILES string of the molecule is CCCCC(CC1CO1)N(C)C. The Balaban J connectivity index is 2.16. The van der Waals surface area contributed by atoms with Crippen molar-refractivity contribution in [3.63, 3.8) is 0 Å². The molecule has 12 heavy (non-hydrogen) atoms. The first kappa shape index (κ1) is 10.0. The van der Waals surface area contributed by atoms with E-state index < -0.39 is 0 Å². The Labute approximate surface area is 75.9 Å². The lowest BCUT2D eigenvalue weighted by Crippen LogP contribution is -2.29. The molecule has 0 saturated carbocycles. The van der Waals surface area contributed by atoms with Gasteiger partial charge in [0.25, 0.3) is 0 Å². The van der Waals surface area contributed by atoms with Crippen LogP contribution in [0.2, 0.25) is 0 Å². The number of ether oxygens (including phenoxy) is 1. The molecule has 0 aromatic carbocycles. The predicted molar refractivity (Wildman–Crippen MR) is 51.4 cm³/mol. The smallest absolute Gasteiger partial charge is 0.0824 e. The van der Waals surface area contributed by atoms with Crippen molar-refractivity contribution >= 4 is 0 Å². The molecular weight excluding hydrogens is 150 g/mol. The van der Waals surface area contributed by atoms with Gasteiger partial charge in [-0.05, 0) is 26.9 Å². The number of hydrogen-bond acceptors (Lipinski definition) is 2. The molecule has 2 unspecified atom stereocenters. The zero-order valence-corrected chi connectivity index (χ0v) is 8.55. The molecule has 2 atom stereocenters. The fourth-order valence-corrected chi connectivity index (χ4v) is 1.53. The summed E-state index contributed by atoms with van der Waals surface area (Å²) in [6, 6.07) is 0.734. The van der Waals surface area contributed by atoms with E-state index in [-0.39, 0.29) is 0 Å². The van der Waals surface area contributed by atoms with E-state index in [1.54, 1.807) is 0 Å². The molecule has 72 valence electrons. The molecule has 1 aliphatic heterocycles. The lowest BCUT2D eigenvalue weighted by molar-refractivity contribution is 0.236. The van der Waals surface area contributed by atoms with Crippen LogP contribution in [0.4, 0.5) is 0 Å². The summed E-state index contributed by atoms with van der Waals surface area (Å²) in [6.07, 6.45) is 5.77. The molecule has 2 heteroatoms. The number of nitrogens with zero attached hydrogens (tertiary/aromatic N) is 1. The number of hydrogen-bond donors (Lipinski definition) is 0. The maximum Gasteiger partial charge on any atom is 0.0824 e. The third-order valence-electron chi connectivity index (χ3n) is 2.56. The number of rotatable bonds is 6. The summed E-state index contributed by atoms with van der Waals surface area (Å²) < 4.78 is 5.24. The van der Waals surface area contributed by atoms with Crippen molar-refractivity contribution in [2.75, 3.05) is 20.7 Å². The van der Waals surface area contributed by atoms with E-state index in [9.17, 15) is 0 Å². The Morgan fingerprint density at radius 1 is 1.50 bits per heavy atom. The normalized spacial score (nSPS) is 24.5. The van der Waals surface area contributed by atoms with Gasteiger partial charge in [-0.1, -0.05) is 19.8 Å². The second-order valence-electron chi connectivity index (χ2n) is 3.95. The highest BCUT2D eigenvalue weighted by Gasteiger charge is 2.27. The van der Waals surface area contributed by atoms with Gasteiger partial charge in [0.1, 0.15) is 0 Å². The molecule has 0 bridgehead atoms. The predicted octanol–water partition coefficient (Wildman–Crippen LogP) is 1.90. The van der Waals surface area contributed by atoms with Crippen LogP contribution in [-0.2, 0) is 4.74 Å². The standard InChI is InChI=1S/C10H21NO/c1-4-5-6-9(11(2)3)7-10-8-12-10/h9-10H,4-8H2,1-3H3. The van der Waals surface area contributed by atoms with Crippen molar-refractivity contribution in [3.05, 3.63) is 0 Å². The maximum absolute atomic E-state index is 5.24. The van der Waals surface area contributed by atoms with Crippen molar-refractivity contribution in [1.82, 2.24) is 4.90 Å². The molecule has 1 fully saturated rings. The van der Waals surface area contributed by atoms with Crippen molar-refractivity contribution in [2.24, 2.45) is 0 Å². The zero-order chi connectivity index (χ0) is 8.97. The summed E-state index contributed by atoms with van der Waals surface area (Å²) in [7, 11) is 4.34. The van der Waals surface area contributed by atoms with E-state index in [0.29, 0.717) is 6.10 Å². The van der Waals surface area contributed by atoms with Crippen LogP contribution in [0.1, 0.15) is 32.6 Å². The topological polar surface area (TPSA) is 15.8 Å². The fourth-order valence-electron chi connectivity index (χ4n) is 1.53. The third kappa shape index (κ3) is 3.55. The van der Waals surface area contributed by atoms with Gasteiger partial charge in [0.05, 0.1) is 12.7 Å². The summed E-state index contributed by atoms with van der Waals surface area (Å²) in [5.74, 6) is 0. The molecule has 0 N–H and O–H groups in total. The zero-order valence-electron chi connectivity index (χ0n) is 8.55. The molecule has 1 rings (SSSR count). The molecule has 0 spiro atoms. The highest BCUT2D eigenvalue weighted by molar-refractivity contribution is 4.78. The molecule has 0 amide bonds. The van der Waals surface area contributed by atoms with Crippen molar-refractivity contribution < 1.29 is 4.74 Å². The van der Waals surface area contributed by atoms with Crippen LogP contribution < -0.4 is 0 Å². The Morgan fingerprint density at radius 3 is 2.58 bits per heavy atom. The van der Waals surface area contributed by atoms with Gasteiger partial charge in [-0.2, -0.15) is 0 Å². The first-order chi connectivity index (χ1) is 5.74. The van der Waals surface area contributed by atoms with Crippen molar-refractivity contribution in [1.29, 1.82) is 0 Å². The van der Waals surface area contributed by atoms with Gasteiger partial charge in [0.2, 0.25) is 0 Å². The maximum atomic E-state index is 5.24. The van der Waals surface area contributed by atoms with Crippen molar-refractivity contribution in [3.8, 4) is 0 Å². The lowest BCUT2D eigenvalue weighted by atomic mass is 10.0. The Hall–Kier alpha value is -0.0800. The monoisotopic (exact) mass is 171 g/mol. The first-order valence-electron chi connectivity index (χ1n) is 5.02. The second kappa shape index (κ2) is 4.83.